The zero-order chi connectivity index (χ0) is 15.8. The molecule has 0 radical (unpaired) electrons. The normalized spacial score (nSPS) is 10.5. The lowest BCUT2D eigenvalue weighted by Crippen LogP contribution is -2.03. The summed E-state index contributed by atoms with van der Waals surface area (Å²) in [5.41, 5.74) is 5.68. The van der Waals surface area contributed by atoms with Crippen molar-refractivity contribution in [1.82, 2.24) is 0 Å². The Balaban J connectivity index is 2.16. The number of para-hydroxylation sites is 2. The molecule has 0 saturated carbocycles. The number of hydrazone groups is 1. The first-order valence-electron chi connectivity index (χ1n) is 6.99. The SMILES string of the molecule is C=C(C)COc1c(C=NNc2ccccc2)cccc1OC. The quantitative estimate of drug-likeness (QED) is 0.475. The molecule has 0 fully saturated rings. The van der Waals surface area contributed by atoms with Gasteiger partial charge in [0, 0.05) is 5.56 Å². The highest BCUT2D eigenvalue weighted by Crippen LogP contribution is 2.30. The largest absolute Gasteiger partial charge is 0.493 e. The monoisotopic (exact) mass is 296 g/mol. The molecule has 0 heterocycles. The number of anilines is 1. The predicted molar refractivity (Wildman–Crippen MR) is 91.0 cm³/mol. The Morgan fingerprint density at radius 1 is 1.18 bits per heavy atom. The third kappa shape index (κ3) is 4.38. The minimum Gasteiger partial charge on any atom is -0.493 e. The molecule has 22 heavy (non-hydrogen) atoms. The summed E-state index contributed by atoms with van der Waals surface area (Å²) in [6.07, 6.45) is 1.71. The van der Waals surface area contributed by atoms with E-state index in [1.54, 1.807) is 13.3 Å². The first-order valence-corrected chi connectivity index (χ1v) is 6.99. The molecular weight excluding hydrogens is 276 g/mol. The summed E-state index contributed by atoms with van der Waals surface area (Å²) in [6.45, 7) is 6.20. The second-order valence-electron chi connectivity index (χ2n) is 4.86. The highest BCUT2D eigenvalue weighted by molar-refractivity contribution is 5.85. The smallest absolute Gasteiger partial charge is 0.170 e. The van der Waals surface area contributed by atoms with Gasteiger partial charge in [-0.3, -0.25) is 5.43 Å². The van der Waals surface area contributed by atoms with Crippen LogP contribution in [0.3, 0.4) is 0 Å². The average molecular weight is 296 g/mol. The Bertz CT molecular complexity index is 651. The molecule has 0 unspecified atom stereocenters. The van der Waals surface area contributed by atoms with Crippen molar-refractivity contribution < 1.29 is 9.47 Å². The summed E-state index contributed by atoms with van der Waals surface area (Å²) in [5.74, 6) is 1.33. The lowest BCUT2D eigenvalue weighted by atomic mass is 10.2. The zero-order valence-corrected chi connectivity index (χ0v) is 12.9. The fraction of sp³-hybridized carbons (Fsp3) is 0.167. The fourth-order valence-corrected chi connectivity index (χ4v) is 1.83. The Kier molecular flexibility index (Phi) is 5.60. The second-order valence-corrected chi connectivity index (χ2v) is 4.86. The second kappa shape index (κ2) is 7.88. The molecule has 0 aliphatic rings. The third-order valence-corrected chi connectivity index (χ3v) is 2.86. The maximum absolute atomic E-state index is 5.78. The number of hydrogen-bond donors (Lipinski definition) is 1. The van der Waals surface area contributed by atoms with Gasteiger partial charge in [-0.1, -0.05) is 30.8 Å². The van der Waals surface area contributed by atoms with Crippen LogP contribution in [-0.4, -0.2) is 19.9 Å². The van der Waals surface area contributed by atoms with Crippen LogP contribution in [0, 0.1) is 0 Å². The average Bonchev–Trinajstić information content (AvgIpc) is 2.54. The van der Waals surface area contributed by atoms with Crippen molar-refractivity contribution in [3.05, 3.63) is 66.2 Å². The molecule has 2 aromatic carbocycles. The molecule has 1 N–H and O–H groups in total. The standard InChI is InChI=1S/C18H20N2O2/c1-14(2)13-22-18-15(8-7-11-17(18)21-3)12-19-20-16-9-5-4-6-10-16/h4-12,20H,1,13H2,2-3H3. The van der Waals surface area contributed by atoms with Crippen LogP contribution < -0.4 is 14.9 Å². The first-order chi connectivity index (χ1) is 10.7. The zero-order valence-electron chi connectivity index (χ0n) is 12.9. The van der Waals surface area contributed by atoms with Crippen LogP contribution in [0.15, 0.2) is 65.8 Å². The van der Waals surface area contributed by atoms with E-state index >= 15 is 0 Å². The van der Waals surface area contributed by atoms with Gasteiger partial charge in [0.15, 0.2) is 11.5 Å². The van der Waals surface area contributed by atoms with Gasteiger partial charge in [0.25, 0.3) is 0 Å². The maximum atomic E-state index is 5.78. The van der Waals surface area contributed by atoms with Gasteiger partial charge >= 0.3 is 0 Å². The number of nitrogens with zero attached hydrogens (tertiary/aromatic N) is 1. The van der Waals surface area contributed by atoms with Crippen molar-refractivity contribution in [1.29, 1.82) is 0 Å². The Morgan fingerprint density at radius 2 is 1.95 bits per heavy atom. The molecule has 4 heteroatoms. The van der Waals surface area contributed by atoms with Gasteiger partial charge in [-0.2, -0.15) is 5.10 Å². The van der Waals surface area contributed by atoms with Gasteiger partial charge in [-0.05, 0) is 36.8 Å². The van der Waals surface area contributed by atoms with Crippen molar-refractivity contribution in [2.45, 2.75) is 6.92 Å². The molecule has 2 aromatic rings. The van der Waals surface area contributed by atoms with E-state index in [0.717, 1.165) is 16.8 Å². The van der Waals surface area contributed by atoms with E-state index in [1.165, 1.54) is 0 Å². The van der Waals surface area contributed by atoms with E-state index in [0.29, 0.717) is 18.1 Å². The molecule has 0 aromatic heterocycles. The predicted octanol–water partition coefficient (Wildman–Crippen LogP) is 4.10. The molecule has 0 amide bonds. The molecule has 0 bridgehead atoms. The van der Waals surface area contributed by atoms with E-state index < -0.39 is 0 Å². The number of nitrogens with one attached hydrogen (secondary N) is 1. The van der Waals surface area contributed by atoms with E-state index in [-0.39, 0.29) is 0 Å². The first kappa shape index (κ1) is 15.6. The van der Waals surface area contributed by atoms with Crippen LogP contribution >= 0.6 is 0 Å². The molecule has 0 aliphatic carbocycles. The van der Waals surface area contributed by atoms with Crippen LogP contribution in [0.1, 0.15) is 12.5 Å². The summed E-state index contributed by atoms with van der Waals surface area (Å²) in [4.78, 5) is 0. The lowest BCUT2D eigenvalue weighted by molar-refractivity contribution is 0.319. The summed E-state index contributed by atoms with van der Waals surface area (Å²) in [7, 11) is 1.62. The molecule has 4 nitrogen and oxygen atoms in total. The maximum Gasteiger partial charge on any atom is 0.170 e. The minimum absolute atomic E-state index is 0.438. The lowest BCUT2D eigenvalue weighted by Gasteiger charge is -2.13. The van der Waals surface area contributed by atoms with Crippen molar-refractivity contribution in [2.75, 3.05) is 19.1 Å². The van der Waals surface area contributed by atoms with E-state index in [2.05, 4.69) is 17.1 Å². The van der Waals surface area contributed by atoms with Crippen LogP contribution in [0.25, 0.3) is 0 Å². The summed E-state index contributed by atoms with van der Waals surface area (Å²) >= 11 is 0. The molecule has 0 atom stereocenters. The Labute approximate surface area is 131 Å². The summed E-state index contributed by atoms with van der Waals surface area (Å²) in [6, 6.07) is 15.4. The third-order valence-electron chi connectivity index (χ3n) is 2.86. The number of benzene rings is 2. The molecule has 0 saturated heterocycles. The van der Waals surface area contributed by atoms with Gasteiger partial charge in [-0.25, -0.2) is 0 Å². The Hall–Kier alpha value is -2.75. The van der Waals surface area contributed by atoms with Crippen molar-refractivity contribution in [3.63, 3.8) is 0 Å². The minimum atomic E-state index is 0.438. The van der Waals surface area contributed by atoms with Crippen molar-refractivity contribution in [2.24, 2.45) is 5.10 Å². The van der Waals surface area contributed by atoms with Gasteiger partial charge in [-0.15, -0.1) is 0 Å². The topological polar surface area (TPSA) is 42.8 Å². The van der Waals surface area contributed by atoms with E-state index in [4.69, 9.17) is 9.47 Å². The van der Waals surface area contributed by atoms with E-state index in [9.17, 15) is 0 Å². The number of rotatable bonds is 7. The molecule has 2 rings (SSSR count). The van der Waals surface area contributed by atoms with Crippen LogP contribution in [0.2, 0.25) is 0 Å². The Morgan fingerprint density at radius 3 is 2.64 bits per heavy atom. The highest BCUT2D eigenvalue weighted by Gasteiger charge is 2.09. The van der Waals surface area contributed by atoms with E-state index in [1.807, 2.05) is 55.5 Å². The van der Waals surface area contributed by atoms with Crippen LogP contribution in [0.4, 0.5) is 5.69 Å². The van der Waals surface area contributed by atoms with Crippen LogP contribution in [-0.2, 0) is 0 Å². The molecule has 0 spiro atoms. The fourth-order valence-electron chi connectivity index (χ4n) is 1.83. The number of hydrogen-bond acceptors (Lipinski definition) is 4. The number of ether oxygens (including phenoxy) is 2. The molecule has 114 valence electrons. The van der Waals surface area contributed by atoms with Crippen LogP contribution in [0.5, 0.6) is 11.5 Å². The highest BCUT2D eigenvalue weighted by atomic mass is 16.5. The van der Waals surface area contributed by atoms with Crippen molar-refractivity contribution in [3.8, 4) is 11.5 Å². The van der Waals surface area contributed by atoms with Crippen molar-refractivity contribution >= 4 is 11.9 Å². The van der Waals surface area contributed by atoms with Gasteiger partial charge in [0.1, 0.15) is 6.61 Å². The molecular formula is C18H20N2O2. The molecule has 0 aliphatic heterocycles. The summed E-state index contributed by atoms with van der Waals surface area (Å²) < 4.78 is 11.1. The van der Waals surface area contributed by atoms with Gasteiger partial charge in [0.2, 0.25) is 0 Å². The summed E-state index contributed by atoms with van der Waals surface area (Å²) in [5, 5.41) is 4.24. The number of methoxy groups -OCH3 is 1. The van der Waals surface area contributed by atoms with Gasteiger partial charge < -0.3 is 9.47 Å². The van der Waals surface area contributed by atoms with Gasteiger partial charge in [0.05, 0.1) is 19.0 Å².